The van der Waals surface area contributed by atoms with Crippen molar-refractivity contribution in [2.24, 2.45) is 5.41 Å². The van der Waals surface area contributed by atoms with Gasteiger partial charge >= 0.3 is 0 Å². The fourth-order valence-corrected chi connectivity index (χ4v) is 2.78. The van der Waals surface area contributed by atoms with Gasteiger partial charge in [-0.1, -0.05) is 29.8 Å². The molecule has 1 fully saturated rings. The Bertz CT molecular complexity index is 653. The molecule has 0 saturated heterocycles. The van der Waals surface area contributed by atoms with Crippen LogP contribution >= 0.6 is 11.6 Å². The number of halogens is 1. The highest BCUT2D eigenvalue weighted by atomic mass is 35.5. The van der Waals surface area contributed by atoms with Crippen LogP contribution in [0, 0.1) is 5.41 Å². The molecule has 1 unspecified atom stereocenters. The third-order valence-electron chi connectivity index (χ3n) is 4.12. The van der Waals surface area contributed by atoms with Crippen LogP contribution < -0.4 is 5.32 Å². The van der Waals surface area contributed by atoms with E-state index in [4.69, 9.17) is 11.6 Å². The monoisotopic (exact) mass is 319 g/mol. The topological polar surface area (TPSA) is 67.2 Å². The molecule has 1 saturated carbocycles. The number of aliphatic hydroxyl groups is 1. The predicted octanol–water partition coefficient (Wildman–Crippen LogP) is 2.17. The van der Waals surface area contributed by atoms with Crippen molar-refractivity contribution in [3.8, 4) is 0 Å². The molecule has 2 aromatic rings. The van der Waals surface area contributed by atoms with Crippen LogP contribution in [0.4, 0.5) is 0 Å². The summed E-state index contributed by atoms with van der Waals surface area (Å²) in [6, 6.07) is 6.83. The lowest BCUT2D eigenvalue weighted by molar-refractivity contribution is -0.129. The quantitative estimate of drug-likeness (QED) is 0.857. The van der Waals surface area contributed by atoms with Crippen molar-refractivity contribution in [2.75, 3.05) is 6.54 Å². The third kappa shape index (κ3) is 3.31. The lowest BCUT2D eigenvalue weighted by atomic mass is 10.1. The maximum atomic E-state index is 12.1. The average Bonchev–Trinajstić information content (AvgIpc) is 3.08. The number of carbonyl (C=O) groups is 1. The Labute approximate surface area is 133 Å². The summed E-state index contributed by atoms with van der Waals surface area (Å²) >= 11 is 6.01. The first kappa shape index (κ1) is 15.1. The van der Waals surface area contributed by atoms with Gasteiger partial charge in [0.2, 0.25) is 0 Å². The zero-order valence-electron chi connectivity index (χ0n) is 12.1. The minimum atomic E-state index is -1.24. The molecule has 0 spiro atoms. The van der Waals surface area contributed by atoms with Gasteiger partial charge in [0.05, 0.1) is 6.33 Å². The Morgan fingerprint density at radius 1 is 1.45 bits per heavy atom. The summed E-state index contributed by atoms with van der Waals surface area (Å²) in [7, 11) is 0. The van der Waals surface area contributed by atoms with Gasteiger partial charge in [0.1, 0.15) is 0 Å². The summed E-state index contributed by atoms with van der Waals surface area (Å²) in [5.41, 5.74) is 0.512. The van der Waals surface area contributed by atoms with Gasteiger partial charge in [-0.25, -0.2) is 4.98 Å². The summed E-state index contributed by atoms with van der Waals surface area (Å²) in [5, 5.41) is 13.4. The van der Waals surface area contributed by atoms with Crippen LogP contribution in [0.2, 0.25) is 5.02 Å². The van der Waals surface area contributed by atoms with Crippen LogP contribution in [0.3, 0.4) is 0 Å². The minimum absolute atomic E-state index is 0.0799. The molecule has 0 aliphatic heterocycles. The molecular weight excluding hydrogens is 302 g/mol. The fourth-order valence-electron chi connectivity index (χ4n) is 2.54. The van der Waals surface area contributed by atoms with Crippen LogP contribution in [-0.2, 0) is 11.3 Å². The number of hydrogen-bond donors (Lipinski definition) is 2. The van der Waals surface area contributed by atoms with E-state index in [0.29, 0.717) is 17.1 Å². The van der Waals surface area contributed by atoms with Gasteiger partial charge in [0, 0.05) is 41.5 Å². The SMILES string of the molecule is O=C(NCC1(Cn2ccnc2)CC1)C(O)c1ccccc1Cl. The summed E-state index contributed by atoms with van der Waals surface area (Å²) < 4.78 is 2.02. The second-order valence-corrected chi connectivity index (χ2v) is 6.28. The van der Waals surface area contributed by atoms with Gasteiger partial charge in [0.15, 0.2) is 6.10 Å². The third-order valence-corrected chi connectivity index (χ3v) is 4.46. The van der Waals surface area contributed by atoms with Gasteiger partial charge in [0.25, 0.3) is 5.91 Å². The zero-order valence-corrected chi connectivity index (χ0v) is 12.8. The molecule has 5 nitrogen and oxygen atoms in total. The molecule has 0 bridgehead atoms. The van der Waals surface area contributed by atoms with Crippen molar-refractivity contribution in [1.29, 1.82) is 0 Å². The number of carbonyl (C=O) groups excluding carboxylic acids is 1. The van der Waals surface area contributed by atoms with Crippen molar-refractivity contribution < 1.29 is 9.90 Å². The Hall–Kier alpha value is -1.85. The second kappa shape index (κ2) is 6.10. The van der Waals surface area contributed by atoms with E-state index in [1.54, 1.807) is 36.8 Å². The van der Waals surface area contributed by atoms with E-state index >= 15 is 0 Å². The second-order valence-electron chi connectivity index (χ2n) is 5.88. The molecule has 116 valence electrons. The summed E-state index contributed by atoms with van der Waals surface area (Å²) in [4.78, 5) is 16.2. The highest BCUT2D eigenvalue weighted by Crippen LogP contribution is 2.46. The normalized spacial score (nSPS) is 17.0. The first-order chi connectivity index (χ1) is 10.6. The number of aromatic nitrogens is 2. The molecule has 1 aromatic carbocycles. The van der Waals surface area contributed by atoms with Gasteiger partial charge in [-0.2, -0.15) is 0 Å². The zero-order chi connectivity index (χ0) is 15.6. The fraction of sp³-hybridized carbons (Fsp3) is 0.375. The van der Waals surface area contributed by atoms with E-state index in [1.807, 2.05) is 10.8 Å². The van der Waals surface area contributed by atoms with Crippen LogP contribution in [-0.4, -0.2) is 27.1 Å². The summed E-state index contributed by atoms with van der Waals surface area (Å²) in [5.74, 6) is -0.412. The molecule has 1 aliphatic rings. The first-order valence-electron chi connectivity index (χ1n) is 7.26. The van der Waals surface area contributed by atoms with Crippen LogP contribution in [0.5, 0.6) is 0 Å². The van der Waals surface area contributed by atoms with E-state index in [0.717, 1.165) is 19.4 Å². The predicted molar refractivity (Wildman–Crippen MR) is 83.3 cm³/mol. The molecule has 1 aromatic heterocycles. The minimum Gasteiger partial charge on any atom is -0.378 e. The Morgan fingerprint density at radius 2 is 2.23 bits per heavy atom. The van der Waals surface area contributed by atoms with Crippen molar-refractivity contribution in [3.63, 3.8) is 0 Å². The molecule has 3 rings (SSSR count). The van der Waals surface area contributed by atoms with E-state index in [2.05, 4.69) is 10.3 Å². The molecule has 1 aliphatic carbocycles. The molecule has 6 heteroatoms. The van der Waals surface area contributed by atoms with Gasteiger partial charge in [-0.15, -0.1) is 0 Å². The number of rotatable bonds is 6. The Kier molecular flexibility index (Phi) is 4.18. The summed E-state index contributed by atoms with van der Waals surface area (Å²) in [6.07, 6.45) is 6.33. The van der Waals surface area contributed by atoms with Crippen LogP contribution in [0.15, 0.2) is 43.0 Å². The van der Waals surface area contributed by atoms with E-state index in [-0.39, 0.29) is 5.41 Å². The number of nitrogens with zero attached hydrogens (tertiary/aromatic N) is 2. The molecule has 0 radical (unpaired) electrons. The molecular formula is C16H18ClN3O2. The van der Waals surface area contributed by atoms with Gasteiger partial charge < -0.3 is 15.0 Å². The maximum Gasteiger partial charge on any atom is 0.253 e. The van der Waals surface area contributed by atoms with E-state index in [9.17, 15) is 9.90 Å². The lowest BCUT2D eigenvalue weighted by Gasteiger charge is -2.18. The number of imidazole rings is 1. The largest absolute Gasteiger partial charge is 0.378 e. The number of aliphatic hydroxyl groups excluding tert-OH is 1. The van der Waals surface area contributed by atoms with Crippen molar-refractivity contribution in [2.45, 2.75) is 25.5 Å². The Morgan fingerprint density at radius 3 is 2.86 bits per heavy atom. The van der Waals surface area contributed by atoms with E-state index in [1.165, 1.54) is 0 Å². The van der Waals surface area contributed by atoms with Crippen LogP contribution in [0.25, 0.3) is 0 Å². The lowest BCUT2D eigenvalue weighted by Crippen LogP contribution is -2.35. The molecule has 1 atom stereocenters. The smallest absolute Gasteiger partial charge is 0.253 e. The van der Waals surface area contributed by atoms with Crippen molar-refractivity contribution in [3.05, 3.63) is 53.6 Å². The molecule has 22 heavy (non-hydrogen) atoms. The standard InChI is InChI=1S/C16H18ClN3O2/c17-13-4-2-1-3-12(13)14(21)15(22)19-9-16(5-6-16)10-20-8-7-18-11-20/h1-4,7-8,11,14,21H,5-6,9-10H2,(H,19,22). The van der Waals surface area contributed by atoms with Crippen molar-refractivity contribution in [1.82, 2.24) is 14.9 Å². The number of benzene rings is 1. The van der Waals surface area contributed by atoms with Gasteiger partial charge in [-0.3, -0.25) is 4.79 Å². The van der Waals surface area contributed by atoms with Crippen LogP contribution in [0.1, 0.15) is 24.5 Å². The Balaban J connectivity index is 1.57. The first-order valence-corrected chi connectivity index (χ1v) is 7.63. The van der Waals surface area contributed by atoms with E-state index < -0.39 is 12.0 Å². The maximum absolute atomic E-state index is 12.1. The number of hydrogen-bond acceptors (Lipinski definition) is 3. The number of amides is 1. The molecule has 2 N–H and O–H groups in total. The summed E-state index contributed by atoms with van der Waals surface area (Å²) in [6.45, 7) is 1.38. The highest BCUT2D eigenvalue weighted by molar-refractivity contribution is 6.31. The molecule has 1 heterocycles. The number of nitrogens with one attached hydrogen (secondary N) is 1. The average molecular weight is 320 g/mol. The highest BCUT2D eigenvalue weighted by Gasteiger charge is 2.43. The van der Waals surface area contributed by atoms with Crippen molar-refractivity contribution >= 4 is 17.5 Å². The van der Waals surface area contributed by atoms with Gasteiger partial charge in [-0.05, 0) is 18.9 Å². The molecule has 1 amide bonds.